The minimum Gasteiger partial charge on any atom is -0.341 e. The van der Waals surface area contributed by atoms with Gasteiger partial charge in [0, 0.05) is 44.7 Å². The number of hydrogen-bond acceptors (Lipinski definition) is 3. The summed E-state index contributed by atoms with van der Waals surface area (Å²) in [5.41, 5.74) is 1.36. The zero-order valence-electron chi connectivity index (χ0n) is 14.6. The number of hydrogen-bond donors (Lipinski definition) is 1. The number of carbonyl (C=O) groups excluding carboxylic acids is 1. The summed E-state index contributed by atoms with van der Waals surface area (Å²) in [6.45, 7) is 8.02. The van der Waals surface area contributed by atoms with Gasteiger partial charge in [-0.2, -0.15) is 0 Å². The van der Waals surface area contributed by atoms with E-state index in [1.807, 2.05) is 0 Å². The molecule has 4 nitrogen and oxygen atoms in total. The molecule has 0 spiro atoms. The van der Waals surface area contributed by atoms with E-state index in [-0.39, 0.29) is 18.3 Å². The third-order valence-corrected chi connectivity index (χ3v) is 5.12. The van der Waals surface area contributed by atoms with E-state index in [4.69, 9.17) is 0 Å². The molecule has 0 radical (unpaired) electrons. The van der Waals surface area contributed by atoms with E-state index in [1.54, 1.807) is 0 Å². The standard InChI is InChI=1S/C19H29N3O.ClH/c1-16-14-18(8-9-20-16)19(23)22-11-5-10-21(12-13-22)15-17-6-3-2-4-7-17;/h2-4,6-7,16,18,20H,5,8-15H2,1H3;1H/t16-,18-;/m0./s1. The number of nitrogens with zero attached hydrogens (tertiary/aromatic N) is 2. The molecule has 5 heteroatoms. The van der Waals surface area contributed by atoms with Crippen LogP contribution < -0.4 is 5.32 Å². The minimum atomic E-state index is 0. The zero-order valence-corrected chi connectivity index (χ0v) is 15.4. The van der Waals surface area contributed by atoms with Crippen molar-refractivity contribution in [2.75, 3.05) is 32.7 Å². The molecule has 2 aliphatic rings. The highest BCUT2D eigenvalue weighted by atomic mass is 35.5. The number of nitrogens with one attached hydrogen (secondary N) is 1. The molecular weight excluding hydrogens is 322 g/mol. The van der Waals surface area contributed by atoms with Crippen molar-refractivity contribution in [3.8, 4) is 0 Å². The van der Waals surface area contributed by atoms with Gasteiger partial charge in [0.25, 0.3) is 0 Å². The Labute approximate surface area is 152 Å². The number of piperidine rings is 1. The molecule has 134 valence electrons. The summed E-state index contributed by atoms with van der Waals surface area (Å²) in [5.74, 6) is 0.617. The summed E-state index contributed by atoms with van der Waals surface area (Å²) >= 11 is 0. The van der Waals surface area contributed by atoms with Gasteiger partial charge in [0.1, 0.15) is 0 Å². The molecule has 2 saturated heterocycles. The Morgan fingerprint density at radius 2 is 1.96 bits per heavy atom. The lowest BCUT2D eigenvalue weighted by atomic mass is 9.92. The predicted octanol–water partition coefficient (Wildman–Crippen LogP) is 2.53. The lowest BCUT2D eigenvalue weighted by Gasteiger charge is -2.31. The molecule has 1 amide bonds. The highest BCUT2D eigenvalue weighted by Crippen LogP contribution is 2.20. The first-order valence-corrected chi connectivity index (χ1v) is 9.01. The molecule has 2 aliphatic heterocycles. The van der Waals surface area contributed by atoms with Gasteiger partial charge < -0.3 is 10.2 Å². The summed E-state index contributed by atoms with van der Waals surface area (Å²) in [5, 5.41) is 3.44. The molecule has 0 saturated carbocycles. The van der Waals surface area contributed by atoms with Gasteiger partial charge in [-0.05, 0) is 38.3 Å². The van der Waals surface area contributed by atoms with E-state index < -0.39 is 0 Å². The molecule has 1 aromatic carbocycles. The van der Waals surface area contributed by atoms with Crippen LogP contribution in [0.5, 0.6) is 0 Å². The monoisotopic (exact) mass is 351 g/mol. The Morgan fingerprint density at radius 3 is 2.71 bits per heavy atom. The van der Waals surface area contributed by atoms with E-state index in [0.717, 1.165) is 58.5 Å². The minimum absolute atomic E-state index is 0. The fraction of sp³-hybridized carbons (Fsp3) is 0.632. The van der Waals surface area contributed by atoms with Crippen molar-refractivity contribution in [3.63, 3.8) is 0 Å². The van der Waals surface area contributed by atoms with E-state index in [2.05, 4.69) is 52.4 Å². The molecule has 1 aromatic rings. The van der Waals surface area contributed by atoms with Crippen molar-refractivity contribution < 1.29 is 4.79 Å². The second-order valence-corrected chi connectivity index (χ2v) is 7.02. The third kappa shape index (κ3) is 5.20. The van der Waals surface area contributed by atoms with Crippen LogP contribution in [-0.2, 0) is 11.3 Å². The van der Waals surface area contributed by atoms with E-state index in [0.29, 0.717) is 11.9 Å². The number of benzene rings is 1. The first-order chi connectivity index (χ1) is 11.2. The molecule has 24 heavy (non-hydrogen) atoms. The zero-order chi connectivity index (χ0) is 16.1. The normalized spacial score (nSPS) is 25.6. The molecule has 0 aliphatic carbocycles. The molecular formula is C19H30ClN3O. The Balaban J connectivity index is 0.00000208. The summed E-state index contributed by atoms with van der Waals surface area (Å²) in [6, 6.07) is 11.1. The second kappa shape index (κ2) is 9.40. The van der Waals surface area contributed by atoms with Crippen molar-refractivity contribution >= 4 is 18.3 Å². The maximum absolute atomic E-state index is 12.8. The van der Waals surface area contributed by atoms with Crippen molar-refractivity contribution in [2.24, 2.45) is 5.92 Å². The van der Waals surface area contributed by atoms with Gasteiger partial charge in [0.2, 0.25) is 5.91 Å². The van der Waals surface area contributed by atoms with Crippen LogP contribution in [0, 0.1) is 5.92 Å². The Bertz CT molecular complexity index is 511. The largest absolute Gasteiger partial charge is 0.341 e. The molecule has 0 unspecified atom stereocenters. The van der Waals surface area contributed by atoms with Crippen LogP contribution in [0.1, 0.15) is 31.7 Å². The molecule has 2 heterocycles. The summed E-state index contributed by atoms with van der Waals surface area (Å²) in [6.07, 6.45) is 3.07. The fourth-order valence-corrected chi connectivity index (χ4v) is 3.81. The average Bonchev–Trinajstić information content (AvgIpc) is 2.81. The molecule has 2 fully saturated rings. The maximum atomic E-state index is 12.8. The van der Waals surface area contributed by atoms with E-state index >= 15 is 0 Å². The van der Waals surface area contributed by atoms with Crippen LogP contribution in [0.3, 0.4) is 0 Å². The van der Waals surface area contributed by atoms with Gasteiger partial charge in [0.05, 0.1) is 0 Å². The second-order valence-electron chi connectivity index (χ2n) is 7.02. The van der Waals surface area contributed by atoms with Crippen molar-refractivity contribution in [1.29, 1.82) is 0 Å². The molecule has 0 aromatic heterocycles. The Kier molecular flexibility index (Phi) is 7.53. The number of carbonyl (C=O) groups is 1. The first kappa shape index (κ1) is 19.2. The number of halogens is 1. The molecule has 0 bridgehead atoms. The summed E-state index contributed by atoms with van der Waals surface area (Å²) in [4.78, 5) is 17.4. The van der Waals surface area contributed by atoms with E-state index in [1.165, 1.54) is 5.56 Å². The number of rotatable bonds is 3. The quantitative estimate of drug-likeness (QED) is 0.909. The first-order valence-electron chi connectivity index (χ1n) is 9.01. The number of amides is 1. The summed E-state index contributed by atoms with van der Waals surface area (Å²) in [7, 11) is 0. The highest BCUT2D eigenvalue weighted by molar-refractivity contribution is 5.85. The van der Waals surface area contributed by atoms with Gasteiger partial charge >= 0.3 is 0 Å². The van der Waals surface area contributed by atoms with Crippen LogP contribution in [0.15, 0.2) is 30.3 Å². The van der Waals surface area contributed by atoms with Gasteiger partial charge in [-0.15, -0.1) is 12.4 Å². The highest BCUT2D eigenvalue weighted by Gasteiger charge is 2.29. The lowest BCUT2D eigenvalue weighted by Crippen LogP contribution is -2.45. The van der Waals surface area contributed by atoms with Crippen molar-refractivity contribution in [1.82, 2.24) is 15.1 Å². The Hall–Kier alpha value is -1.10. The third-order valence-electron chi connectivity index (χ3n) is 5.12. The van der Waals surface area contributed by atoms with Crippen LogP contribution in [0.4, 0.5) is 0 Å². The SMILES string of the molecule is C[C@H]1C[C@@H](C(=O)N2CCCN(Cc3ccccc3)CC2)CCN1.Cl. The fourth-order valence-electron chi connectivity index (χ4n) is 3.81. The van der Waals surface area contributed by atoms with Crippen LogP contribution >= 0.6 is 12.4 Å². The lowest BCUT2D eigenvalue weighted by molar-refractivity contribution is -0.136. The molecule has 1 N–H and O–H groups in total. The van der Waals surface area contributed by atoms with Crippen LogP contribution in [0.2, 0.25) is 0 Å². The predicted molar refractivity (Wildman–Crippen MR) is 100 cm³/mol. The van der Waals surface area contributed by atoms with E-state index in [9.17, 15) is 4.79 Å². The summed E-state index contributed by atoms with van der Waals surface area (Å²) < 4.78 is 0. The van der Waals surface area contributed by atoms with Gasteiger partial charge in [-0.3, -0.25) is 9.69 Å². The van der Waals surface area contributed by atoms with Gasteiger partial charge in [-0.25, -0.2) is 0 Å². The van der Waals surface area contributed by atoms with Gasteiger partial charge in [0.15, 0.2) is 0 Å². The van der Waals surface area contributed by atoms with Crippen LogP contribution in [0.25, 0.3) is 0 Å². The molecule has 2 atom stereocenters. The molecule has 3 rings (SSSR count). The topological polar surface area (TPSA) is 35.6 Å². The van der Waals surface area contributed by atoms with Crippen molar-refractivity contribution in [3.05, 3.63) is 35.9 Å². The smallest absolute Gasteiger partial charge is 0.225 e. The maximum Gasteiger partial charge on any atom is 0.225 e. The average molecular weight is 352 g/mol. The Morgan fingerprint density at radius 1 is 1.17 bits per heavy atom. The van der Waals surface area contributed by atoms with Crippen LogP contribution in [-0.4, -0.2) is 54.5 Å². The van der Waals surface area contributed by atoms with Crippen molar-refractivity contribution in [2.45, 2.75) is 38.8 Å². The van der Waals surface area contributed by atoms with Gasteiger partial charge in [-0.1, -0.05) is 30.3 Å².